The molecule has 0 aliphatic rings. The molecule has 0 nitrogen and oxygen atoms in total. The van der Waals surface area contributed by atoms with Crippen molar-refractivity contribution < 1.29 is 0 Å². The Balaban J connectivity index is 2.91. The molecule has 0 saturated carbocycles. The summed E-state index contributed by atoms with van der Waals surface area (Å²) in [5.74, 6) is 0. The summed E-state index contributed by atoms with van der Waals surface area (Å²) in [6.45, 7) is 2.30. The molecule has 0 spiro atoms. The first-order valence-corrected chi connectivity index (χ1v) is 18.7. The molecule has 0 unspecified atom stereocenters. The van der Waals surface area contributed by atoms with Crippen molar-refractivity contribution >= 4 is 31.6 Å². The minimum atomic E-state index is -0.0706. The van der Waals surface area contributed by atoms with Gasteiger partial charge in [0.05, 0.1) is 0 Å². The average Bonchev–Trinajstić information content (AvgIpc) is 2.54. The first-order chi connectivity index (χ1) is 10.9. The van der Waals surface area contributed by atoms with Crippen molar-refractivity contribution in [1.29, 1.82) is 0 Å². The van der Waals surface area contributed by atoms with E-state index in [4.69, 9.17) is 0 Å². The third-order valence-electron chi connectivity index (χ3n) is 4.62. The summed E-state index contributed by atoms with van der Waals surface area (Å²) in [7, 11) is 0. The predicted molar refractivity (Wildman–Crippen MR) is 108 cm³/mol. The summed E-state index contributed by atoms with van der Waals surface area (Å²) >= 11 is 3.60. The molecule has 0 aromatic carbocycles. The van der Waals surface area contributed by atoms with Gasteiger partial charge < -0.3 is 0 Å². The molecule has 0 atom stereocenters. The van der Waals surface area contributed by atoms with Crippen LogP contribution in [0, 0.1) is 0 Å². The van der Waals surface area contributed by atoms with Crippen LogP contribution in [0.15, 0.2) is 0 Å². The fourth-order valence-corrected chi connectivity index (χ4v) is 6.07. The van der Waals surface area contributed by atoms with Crippen LogP contribution in [0.2, 0.25) is 4.44 Å². The number of hydrogen-bond acceptors (Lipinski definition) is 0. The average molecular weight is 480 g/mol. The van der Waals surface area contributed by atoms with Gasteiger partial charge in [-0.15, -0.1) is 0 Å². The van der Waals surface area contributed by atoms with E-state index in [9.17, 15) is 0 Å². The minimum absolute atomic E-state index is 0.0706. The molecular weight excluding hydrogens is 439 g/mol. The number of halogens is 1. The van der Waals surface area contributed by atoms with Crippen molar-refractivity contribution in [2.75, 3.05) is 0 Å². The third kappa shape index (κ3) is 21.3. The van der Waals surface area contributed by atoms with Gasteiger partial charge in [0.1, 0.15) is 0 Å². The van der Waals surface area contributed by atoms with Crippen molar-refractivity contribution in [3.63, 3.8) is 0 Å². The van der Waals surface area contributed by atoms with Crippen LogP contribution in [-0.2, 0) is 0 Å². The fraction of sp³-hybridized carbons (Fsp3) is 1.00. The Morgan fingerprint density at radius 3 is 1.00 bits per heavy atom. The fourth-order valence-electron chi connectivity index (χ4n) is 3.09. The van der Waals surface area contributed by atoms with E-state index in [0.717, 1.165) is 0 Å². The van der Waals surface area contributed by atoms with Gasteiger partial charge in [0.25, 0.3) is 0 Å². The summed E-state index contributed by atoms with van der Waals surface area (Å²) in [5.41, 5.74) is 0. The maximum absolute atomic E-state index is 3.67. The van der Waals surface area contributed by atoms with Crippen LogP contribution in [0.1, 0.15) is 122 Å². The van der Waals surface area contributed by atoms with E-state index in [1.165, 1.54) is 120 Å². The van der Waals surface area contributed by atoms with Crippen LogP contribution in [0.4, 0.5) is 0 Å². The molecule has 2 radical (unpaired) electrons. The molecular formula is C20H41BrSn. The first kappa shape index (κ1) is 23.3. The summed E-state index contributed by atoms with van der Waals surface area (Å²) in [4.78, 5) is 0. The molecule has 0 saturated heterocycles. The molecule has 0 rings (SSSR count). The van der Waals surface area contributed by atoms with E-state index < -0.39 is 0 Å². The van der Waals surface area contributed by atoms with Crippen molar-refractivity contribution in [2.24, 2.45) is 0 Å². The van der Waals surface area contributed by atoms with Crippen LogP contribution < -0.4 is 0 Å². The van der Waals surface area contributed by atoms with E-state index >= 15 is 0 Å². The second-order valence-corrected chi connectivity index (χ2v) is 12.8. The molecule has 0 aliphatic carbocycles. The van der Waals surface area contributed by atoms with Crippen LogP contribution in [0.5, 0.6) is 0 Å². The van der Waals surface area contributed by atoms with Crippen molar-refractivity contribution in [2.45, 2.75) is 127 Å². The summed E-state index contributed by atoms with van der Waals surface area (Å²) in [6.07, 6.45) is 26.6. The molecule has 0 fully saturated rings. The number of hydrogen-bond donors (Lipinski definition) is 0. The van der Waals surface area contributed by atoms with Crippen LogP contribution >= 0.6 is 12.7 Å². The molecule has 0 heterocycles. The molecule has 0 aliphatic heterocycles. The Labute approximate surface area is 158 Å². The van der Waals surface area contributed by atoms with E-state index in [1.54, 1.807) is 0 Å². The molecule has 0 N–H and O–H groups in total. The van der Waals surface area contributed by atoms with Crippen LogP contribution in [0.3, 0.4) is 0 Å². The van der Waals surface area contributed by atoms with Gasteiger partial charge in [-0.3, -0.25) is 0 Å². The zero-order chi connectivity index (χ0) is 16.1. The zero-order valence-electron chi connectivity index (χ0n) is 15.3. The van der Waals surface area contributed by atoms with Gasteiger partial charge in [0.2, 0.25) is 0 Å². The Kier molecular flexibility index (Phi) is 23.6. The van der Waals surface area contributed by atoms with Crippen molar-refractivity contribution in [1.82, 2.24) is 0 Å². The van der Waals surface area contributed by atoms with Crippen molar-refractivity contribution in [3.05, 3.63) is 0 Å². The predicted octanol–water partition coefficient (Wildman–Crippen LogP) is 8.46. The molecule has 2 heteroatoms. The van der Waals surface area contributed by atoms with Crippen molar-refractivity contribution in [3.8, 4) is 0 Å². The zero-order valence-corrected chi connectivity index (χ0v) is 19.8. The van der Waals surface area contributed by atoms with Gasteiger partial charge in [-0.2, -0.15) is 0 Å². The Bertz CT molecular complexity index is 165. The SMILES string of the molecule is CCCCCCCCCCCCCCCCCCC[CH2][Sn][Br]. The molecule has 0 bridgehead atoms. The molecule has 0 aromatic rings. The second kappa shape index (κ2) is 22.3. The Morgan fingerprint density at radius 1 is 0.455 bits per heavy atom. The van der Waals surface area contributed by atoms with E-state index in [-0.39, 0.29) is 18.9 Å². The van der Waals surface area contributed by atoms with Gasteiger partial charge in [-0.1, -0.05) is 51.9 Å². The number of rotatable bonds is 19. The third-order valence-corrected chi connectivity index (χ3v) is 8.83. The van der Waals surface area contributed by atoms with E-state index in [1.807, 2.05) is 0 Å². The van der Waals surface area contributed by atoms with Gasteiger partial charge in [0, 0.05) is 0 Å². The Morgan fingerprint density at radius 2 is 0.727 bits per heavy atom. The topological polar surface area (TPSA) is 0 Å². The summed E-state index contributed by atoms with van der Waals surface area (Å²) < 4.78 is 1.53. The molecule has 132 valence electrons. The molecule has 0 aromatic heterocycles. The van der Waals surface area contributed by atoms with Gasteiger partial charge >= 0.3 is 107 Å². The molecule has 22 heavy (non-hydrogen) atoms. The van der Waals surface area contributed by atoms with Gasteiger partial charge in [-0.25, -0.2) is 0 Å². The van der Waals surface area contributed by atoms with Crippen LogP contribution in [-0.4, -0.2) is 18.9 Å². The summed E-state index contributed by atoms with van der Waals surface area (Å²) in [6, 6.07) is 0. The normalized spacial score (nSPS) is 11.2. The quantitative estimate of drug-likeness (QED) is 0.129. The second-order valence-electron chi connectivity index (χ2n) is 6.89. The van der Waals surface area contributed by atoms with Gasteiger partial charge in [0.15, 0.2) is 0 Å². The van der Waals surface area contributed by atoms with E-state index in [0.29, 0.717) is 0 Å². The van der Waals surface area contributed by atoms with Gasteiger partial charge in [-0.05, 0) is 0 Å². The Hall–Kier alpha value is 1.28. The standard InChI is InChI=1S/C20H41.BrH.Sn/c1-3-5-7-9-11-13-15-17-19-20-18-16-14-12-10-8-6-4-2;;/h1,3-20H2,2H3;1H;/q;;+1/p-1. The number of unbranched alkanes of at least 4 members (excludes halogenated alkanes) is 17. The van der Waals surface area contributed by atoms with Crippen LogP contribution in [0.25, 0.3) is 0 Å². The summed E-state index contributed by atoms with van der Waals surface area (Å²) in [5, 5.41) is 0. The monoisotopic (exact) mass is 480 g/mol. The maximum atomic E-state index is 3.67. The first-order valence-electron chi connectivity index (χ1n) is 10.2. The van der Waals surface area contributed by atoms with E-state index in [2.05, 4.69) is 19.6 Å². The molecule has 0 amide bonds.